The van der Waals surface area contributed by atoms with E-state index in [9.17, 15) is 14.9 Å². The Morgan fingerprint density at radius 3 is 2.69 bits per heavy atom. The zero-order chi connectivity index (χ0) is 18.7. The molecule has 0 atom stereocenters. The van der Waals surface area contributed by atoms with E-state index in [1.807, 2.05) is 0 Å². The third kappa shape index (κ3) is 3.74. The summed E-state index contributed by atoms with van der Waals surface area (Å²) in [5, 5.41) is 13.2. The molecule has 0 aliphatic heterocycles. The van der Waals surface area contributed by atoms with Gasteiger partial charge >= 0.3 is 0 Å². The molecule has 0 unspecified atom stereocenters. The summed E-state index contributed by atoms with van der Waals surface area (Å²) in [4.78, 5) is 34.1. The number of amides is 1. The Hall–Kier alpha value is -3.56. The Bertz CT molecular complexity index is 967. The fraction of sp³-hybridized carbons (Fsp3) is 0.250. The Balaban J connectivity index is 1.75. The van der Waals surface area contributed by atoms with Gasteiger partial charge in [0.15, 0.2) is 11.2 Å². The fourth-order valence-corrected chi connectivity index (χ4v) is 2.34. The molecule has 0 aliphatic rings. The number of rotatable bonds is 6. The molecule has 26 heavy (non-hydrogen) atoms. The molecule has 10 nitrogen and oxygen atoms in total. The van der Waals surface area contributed by atoms with Crippen LogP contribution in [0.2, 0.25) is 0 Å². The van der Waals surface area contributed by atoms with Gasteiger partial charge in [0.25, 0.3) is 5.69 Å². The maximum atomic E-state index is 11.3. The zero-order valence-electron chi connectivity index (χ0n) is 14.2. The van der Waals surface area contributed by atoms with E-state index in [-0.39, 0.29) is 23.4 Å². The molecule has 3 aromatic rings. The number of imidazole rings is 1. The van der Waals surface area contributed by atoms with Crippen molar-refractivity contribution < 1.29 is 14.5 Å². The quantitative estimate of drug-likeness (QED) is 0.528. The van der Waals surface area contributed by atoms with Crippen LogP contribution in [0.1, 0.15) is 12.5 Å². The first kappa shape index (κ1) is 17.3. The van der Waals surface area contributed by atoms with E-state index >= 15 is 0 Å². The van der Waals surface area contributed by atoms with Crippen molar-refractivity contribution in [2.75, 3.05) is 11.9 Å². The van der Waals surface area contributed by atoms with E-state index in [4.69, 9.17) is 4.74 Å². The smallest absolute Gasteiger partial charge is 0.269 e. The van der Waals surface area contributed by atoms with Gasteiger partial charge in [-0.3, -0.25) is 20.2 Å². The molecule has 2 heterocycles. The second-order valence-electron chi connectivity index (χ2n) is 5.58. The highest BCUT2D eigenvalue weighted by Gasteiger charge is 2.14. The number of non-ortho nitro benzene ring substituents is 1. The van der Waals surface area contributed by atoms with Gasteiger partial charge in [0.1, 0.15) is 0 Å². The number of hydrogen-bond acceptors (Lipinski definition) is 7. The Labute approximate surface area is 148 Å². The van der Waals surface area contributed by atoms with Gasteiger partial charge < -0.3 is 9.30 Å². The average Bonchev–Trinajstić information content (AvgIpc) is 2.96. The summed E-state index contributed by atoms with van der Waals surface area (Å²) >= 11 is 0. The molecule has 0 aliphatic carbocycles. The number of nitrogens with one attached hydrogen (secondary N) is 1. The highest BCUT2D eigenvalue weighted by molar-refractivity contribution is 5.88. The maximum absolute atomic E-state index is 11.3. The number of benzene rings is 1. The topological polar surface area (TPSA) is 125 Å². The number of nitrogens with zero attached hydrogens (tertiary/aromatic N) is 5. The summed E-state index contributed by atoms with van der Waals surface area (Å²) in [5.74, 6) is 0.114. The van der Waals surface area contributed by atoms with E-state index in [1.165, 1.54) is 19.1 Å². The van der Waals surface area contributed by atoms with Gasteiger partial charge in [-0.25, -0.2) is 4.98 Å². The molecule has 2 aromatic heterocycles. The first-order valence-electron chi connectivity index (χ1n) is 7.77. The van der Waals surface area contributed by atoms with Crippen molar-refractivity contribution in [3.63, 3.8) is 0 Å². The van der Waals surface area contributed by atoms with E-state index in [0.29, 0.717) is 24.2 Å². The van der Waals surface area contributed by atoms with E-state index in [2.05, 4.69) is 20.3 Å². The molecule has 3 rings (SSSR count). The number of carbonyl (C=O) groups is 1. The van der Waals surface area contributed by atoms with Crippen molar-refractivity contribution in [3.8, 4) is 5.88 Å². The average molecular weight is 356 g/mol. The minimum absolute atomic E-state index is 0.0422. The van der Waals surface area contributed by atoms with E-state index in [1.54, 1.807) is 30.1 Å². The highest BCUT2D eigenvalue weighted by Crippen LogP contribution is 2.22. The van der Waals surface area contributed by atoms with Crippen LogP contribution in [-0.4, -0.2) is 37.0 Å². The lowest BCUT2D eigenvalue weighted by Gasteiger charge is -2.08. The molecular weight excluding hydrogens is 340 g/mol. The first-order chi connectivity index (χ1) is 12.4. The largest absolute Gasteiger partial charge is 0.476 e. The number of carbonyl (C=O) groups excluding carboxylic acids is 1. The van der Waals surface area contributed by atoms with Gasteiger partial charge in [-0.15, -0.1) is 0 Å². The molecular formula is C16H16N6O4. The van der Waals surface area contributed by atoms with Crippen molar-refractivity contribution in [1.29, 1.82) is 0 Å². The number of ether oxygens (including phenoxy) is 1. The standard InChI is InChI=1S/C16H16N6O4/c1-10(23)18-16-19-14-13(17-9-21(14)2)15(20-16)26-8-7-11-3-5-12(6-4-11)22(24)25/h3-6,9H,7-8H2,1-2H3,(H,18,19,20,23). The molecule has 0 bridgehead atoms. The minimum atomic E-state index is -0.442. The zero-order valence-corrected chi connectivity index (χ0v) is 14.2. The van der Waals surface area contributed by atoms with Gasteiger partial charge in [-0.05, 0) is 5.56 Å². The van der Waals surface area contributed by atoms with Crippen molar-refractivity contribution >= 4 is 28.7 Å². The van der Waals surface area contributed by atoms with E-state index < -0.39 is 4.92 Å². The minimum Gasteiger partial charge on any atom is -0.476 e. The number of hydrogen-bond donors (Lipinski definition) is 1. The molecule has 1 N–H and O–H groups in total. The van der Waals surface area contributed by atoms with Gasteiger partial charge in [-0.2, -0.15) is 9.97 Å². The second kappa shape index (κ2) is 7.13. The molecule has 134 valence electrons. The normalized spacial score (nSPS) is 10.7. The molecule has 0 spiro atoms. The monoisotopic (exact) mass is 356 g/mol. The van der Waals surface area contributed by atoms with Crippen LogP contribution in [-0.2, 0) is 18.3 Å². The van der Waals surface area contributed by atoms with Gasteiger partial charge in [0.05, 0.1) is 17.9 Å². The van der Waals surface area contributed by atoms with Crippen LogP contribution in [0.25, 0.3) is 11.2 Å². The number of aromatic nitrogens is 4. The van der Waals surface area contributed by atoms with Gasteiger partial charge in [-0.1, -0.05) is 12.1 Å². The summed E-state index contributed by atoms with van der Waals surface area (Å²) in [5.41, 5.74) is 1.96. The number of aryl methyl sites for hydroxylation is 1. The Kier molecular flexibility index (Phi) is 4.74. The summed E-state index contributed by atoms with van der Waals surface area (Å²) in [6.07, 6.45) is 2.12. The number of nitro groups is 1. The number of anilines is 1. The summed E-state index contributed by atoms with van der Waals surface area (Å²) in [7, 11) is 1.78. The van der Waals surface area contributed by atoms with Gasteiger partial charge in [0, 0.05) is 32.5 Å². The van der Waals surface area contributed by atoms with Crippen LogP contribution in [0.5, 0.6) is 5.88 Å². The van der Waals surface area contributed by atoms with Crippen LogP contribution < -0.4 is 10.1 Å². The Morgan fingerprint density at radius 2 is 2.04 bits per heavy atom. The third-order valence-electron chi connectivity index (χ3n) is 3.59. The van der Waals surface area contributed by atoms with Crippen molar-refractivity contribution in [1.82, 2.24) is 19.5 Å². The second-order valence-corrected chi connectivity index (χ2v) is 5.58. The summed E-state index contributed by atoms with van der Waals surface area (Å²) < 4.78 is 7.42. The number of fused-ring (bicyclic) bond motifs is 1. The Morgan fingerprint density at radius 1 is 1.31 bits per heavy atom. The fourth-order valence-electron chi connectivity index (χ4n) is 2.34. The molecule has 1 amide bonds. The molecule has 0 saturated carbocycles. The van der Waals surface area contributed by atoms with Crippen LogP contribution in [0, 0.1) is 10.1 Å². The van der Waals surface area contributed by atoms with Crippen molar-refractivity contribution in [2.24, 2.45) is 7.05 Å². The maximum Gasteiger partial charge on any atom is 0.269 e. The van der Waals surface area contributed by atoms with Gasteiger partial charge in [0.2, 0.25) is 17.7 Å². The van der Waals surface area contributed by atoms with Crippen molar-refractivity contribution in [3.05, 3.63) is 46.3 Å². The van der Waals surface area contributed by atoms with E-state index in [0.717, 1.165) is 5.56 Å². The van der Waals surface area contributed by atoms with Crippen LogP contribution in [0.15, 0.2) is 30.6 Å². The van der Waals surface area contributed by atoms with Crippen LogP contribution >= 0.6 is 0 Å². The lowest BCUT2D eigenvalue weighted by molar-refractivity contribution is -0.384. The molecule has 10 heteroatoms. The lowest BCUT2D eigenvalue weighted by Crippen LogP contribution is -2.11. The lowest BCUT2D eigenvalue weighted by atomic mass is 10.1. The highest BCUT2D eigenvalue weighted by atomic mass is 16.6. The SMILES string of the molecule is CC(=O)Nc1nc(OCCc2ccc([N+](=O)[O-])cc2)c2ncn(C)c2n1. The molecule has 0 fully saturated rings. The first-order valence-corrected chi connectivity index (χ1v) is 7.77. The summed E-state index contributed by atoms with van der Waals surface area (Å²) in [6.45, 7) is 1.66. The predicted molar refractivity (Wildman–Crippen MR) is 92.9 cm³/mol. The molecule has 0 radical (unpaired) electrons. The number of nitro benzene ring substituents is 1. The molecule has 0 saturated heterocycles. The third-order valence-corrected chi connectivity index (χ3v) is 3.59. The molecule has 1 aromatic carbocycles. The predicted octanol–water partition coefficient (Wildman–Crippen LogP) is 1.85. The van der Waals surface area contributed by atoms with Crippen LogP contribution in [0.3, 0.4) is 0 Å². The summed E-state index contributed by atoms with van der Waals surface area (Å²) in [6, 6.07) is 6.26. The van der Waals surface area contributed by atoms with Crippen LogP contribution in [0.4, 0.5) is 11.6 Å². The van der Waals surface area contributed by atoms with Crippen molar-refractivity contribution in [2.45, 2.75) is 13.3 Å².